The van der Waals surface area contributed by atoms with E-state index in [2.05, 4.69) is 169 Å². The highest BCUT2D eigenvalue weighted by Gasteiger charge is 2.23. The van der Waals surface area contributed by atoms with Crippen LogP contribution in [0.25, 0.3) is 111 Å². The molecule has 13 rings (SSSR count). The van der Waals surface area contributed by atoms with Crippen molar-refractivity contribution < 1.29 is 8.83 Å². The van der Waals surface area contributed by atoms with Crippen molar-refractivity contribution in [2.45, 2.75) is 0 Å². The molecule has 0 spiro atoms. The molecule has 0 aliphatic rings. The Morgan fingerprint density at radius 3 is 1.66 bits per heavy atom. The molecule has 10 aromatic carbocycles. The van der Waals surface area contributed by atoms with Gasteiger partial charge in [0.05, 0.1) is 0 Å². The Bertz CT molecular complexity index is 3980. The molecule has 0 unspecified atom stereocenters. The normalized spacial score (nSPS) is 11.6. The van der Waals surface area contributed by atoms with Crippen molar-refractivity contribution in [3.8, 4) is 56.4 Å². The van der Waals surface area contributed by atoms with Gasteiger partial charge in [0.2, 0.25) is 0 Å². The van der Waals surface area contributed by atoms with Gasteiger partial charge < -0.3 is 13.7 Å². The summed E-state index contributed by atoms with van der Waals surface area (Å²) in [5.74, 6) is 1.70. The van der Waals surface area contributed by atoms with Crippen molar-refractivity contribution in [3.05, 3.63) is 231 Å². The molecular weight excluding hydrogens is 821 g/mol. The molecule has 0 aliphatic carbocycles. The van der Waals surface area contributed by atoms with Gasteiger partial charge >= 0.3 is 0 Å². The number of rotatable bonds is 8. The first-order valence-corrected chi connectivity index (χ1v) is 22.4. The summed E-state index contributed by atoms with van der Waals surface area (Å²) < 4.78 is 13.3. The fourth-order valence-corrected chi connectivity index (χ4v) is 9.46. The minimum Gasteiger partial charge on any atom is -0.456 e. The monoisotopic (exact) mass is 858 g/mol. The van der Waals surface area contributed by atoms with Crippen LogP contribution >= 0.6 is 0 Å². The molecule has 0 fully saturated rings. The molecule has 3 aromatic heterocycles. The number of para-hydroxylation sites is 2. The maximum Gasteiger partial charge on any atom is 0.164 e. The molecule has 0 atom stereocenters. The van der Waals surface area contributed by atoms with Crippen LogP contribution in [0.3, 0.4) is 0 Å². The van der Waals surface area contributed by atoms with Gasteiger partial charge in [0.1, 0.15) is 22.3 Å². The molecule has 0 saturated carbocycles. The largest absolute Gasteiger partial charge is 0.456 e. The van der Waals surface area contributed by atoms with Crippen LogP contribution in [0.4, 0.5) is 17.1 Å². The summed E-state index contributed by atoms with van der Waals surface area (Å²) in [5, 5.41) is 6.20. The van der Waals surface area contributed by atoms with Crippen LogP contribution in [0.15, 0.2) is 239 Å². The first-order chi connectivity index (χ1) is 33.2. The van der Waals surface area contributed by atoms with Gasteiger partial charge in [0.25, 0.3) is 0 Å². The Hall–Kier alpha value is -9.13. The maximum atomic E-state index is 7.05. The summed E-state index contributed by atoms with van der Waals surface area (Å²) in [5.41, 5.74) is 13.3. The van der Waals surface area contributed by atoms with Gasteiger partial charge in [0, 0.05) is 60.9 Å². The van der Waals surface area contributed by atoms with Crippen molar-refractivity contribution in [2.24, 2.45) is 0 Å². The molecule has 67 heavy (non-hydrogen) atoms. The first-order valence-electron chi connectivity index (χ1n) is 22.4. The minimum atomic E-state index is 0.552. The Balaban J connectivity index is 1.00. The quantitative estimate of drug-likeness (QED) is 0.152. The molecule has 0 radical (unpaired) electrons. The van der Waals surface area contributed by atoms with Gasteiger partial charge in [0.15, 0.2) is 17.5 Å². The standard InChI is InChI=1S/C61H38N4O2/c1-4-15-39(16-5-1)40-27-30-47(31-28-40)65(46-22-8-3-9-23-46)48-24-14-21-44(35-48)49-32-33-51(57-53-36-42-19-10-11-20-43(42)38-56(53)67-58(49)57)61-63-59(41-17-6-2-7-18-41)62-60(64-61)45-29-34-55-52(37-45)50-25-12-13-26-54(50)66-55/h1-38H. The Morgan fingerprint density at radius 2 is 0.866 bits per heavy atom. The van der Waals surface area contributed by atoms with Crippen LogP contribution in [0, 0.1) is 0 Å². The van der Waals surface area contributed by atoms with E-state index in [0.717, 1.165) is 99.5 Å². The smallest absolute Gasteiger partial charge is 0.164 e. The third-order valence-corrected chi connectivity index (χ3v) is 12.7. The third kappa shape index (κ3) is 6.78. The number of benzene rings is 10. The molecule has 0 aliphatic heterocycles. The van der Waals surface area contributed by atoms with E-state index < -0.39 is 0 Å². The van der Waals surface area contributed by atoms with Gasteiger partial charge in [-0.3, -0.25) is 0 Å². The highest BCUT2D eigenvalue weighted by atomic mass is 16.3. The average molecular weight is 859 g/mol. The summed E-state index contributed by atoms with van der Waals surface area (Å²) >= 11 is 0. The Kier molecular flexibility index (Phi) is 9.06. The van der Waals surface area contributed by atoms with Gasteiger partial charge in [-0.1, -0.05) is 146 Å². The first kappa shape index (κ1) is 38.3. The molecule has 3 heterocycles. The van der Waals surface area contributed by atoms with Crippen molar-refractivity contribution in [1.82, 2.24) is 15.0 Å². The topological polar surface area (TPSA) is 68.2 Å². The number of fused-ring (bicyclic) bond motifs is 7. The number of hydrogen-bond acceptors (Lipinski definition) is 6. The van der Waals surface area contributed by atoms with Gasteiger partial charge in [-0.15, -0.1) is 0 Å². The second-order valence-electron chi connectivity index (χ2n) is 16.8. The fourth-order valence-electron chi connectivity index (χ4n) is 9.46. The molecule has 0 bridgehead atoms. The lowest BCUT2D eigenvalue weighted by Gasteiger charge is -2.26. The highest BCUT2D eigenvalue weighted by molar-refractivity contribution is 6.18. The SMILES string of the molecule is c1ccc(-c2ccc(N(c3ccccc3)c3cccc(-c4ccc(-c5nc(-c6ccccc6)nc(-c6ccc7oc8ccccc8c7c6)n5)c5c4oc4cc6ccccc6cc45)c3)cc2)cc1. The predicted molar refractivity (Wildman–Crippen MR) is 274 cm³/mol. The molecular formula is C61H38N4O2. The molecule has 0 saturated heterocycles. The molecule has 0 N–H and O–H groups in total. The number of anilines is 3. The summed E-state index contributed by atoms with van der Waals surface area (Å²) in [4.78, 5) is 18.0. The molecule has 13 aromatic rings. The zero-order valence-corrected chi connectivity index (χ0v) is 36.0. The van der Waals surface area contributed by atoms with Crippen LogP contribution in [-0.2, 0) is 0 Å². The number of furan rings is 2. The second kappa shape index (κ2) is 15.8. The summed E-state index contributed by atoms with van der Waals surface area (Å²) in [6.45, 7) is 0. The number of nitrogens with zero attached hydrogens (tertiary/aromatic N) is 4. The summed E-state index contributed by atoms with van der Waals surface area (Å²) in [6.07, 6.45) is 0. The number of aromatic nitrogens is 3. The van der Waals surface area contributed by atoms with E-state index in [-0.39, 0.29) is 0 Å². The maximum absolute atomic E-state index is 7.05. The summed E-state index contributed by atoms with van der Waals surface area (Å²) in [7, 11) is 0. The van der Waals surface area contributed by atoms with E-state index in [1.807, 2.05) is 66.7 Å². The molecule has 6 heteroatoms. The van der Waals surface area contributed by atoms with E-state index in [0.29, 0.717) is 17.5 Å². The van der Waals surface area contributed by atoms with Crippen molar-refractivity contribution in [3.63, 3.8) is 0 Å². The molecule has 314 valence electrons. The highest BCUT2D eigenvalue weighted by Crippen LogP contribution is 2.45. The van der Waals surface area contributed by atoms with Crippen molar-refractivity contribution in [2.75, 3.05) is 4.90 Å². The van der Waals surface area contributed by atoms with E-state index in [9.17, 15) is 0 Å². The van der Waals surface area contributed by atoms with Crippen LogP contribution in [0.1, 0.15) is 0 Å². The van der Waals surface area contributed by atoms with Gasteiger partial charge in [-0.05, 0) is 112 Å². The lowest BCUT2D eigenvalue weighted by Crippen LogP contribution is -2.09. The van der Waals surface area contributed by atoms with Crippen LogP contribution in [-0.4, -0.2) is 15.0 Å². The number of hydrogen-bond donors (Lipinski definition) is 0. The van der Waals surface area contributed by atoms with Gasteiger partial charge in [-0.25, -0.2) is 15.0 Å². The van der Waals surface area contributed by atoms with Gasteiger partial charge in [-0.2, -0.15) is 0 Å². The van der Waals surface area contributed by atoms with Crippen LogP contribution < -0.4 is 4.90 Å². The zero-order chi connectivity index (χ0) is 44.3. The van der Waals surface area contributed by atoms with Crippen molar-refractivity contribution >= 4 is 71.7 Å². The summed E-state index contributed by atoms with van der Waals surface area (Å²) in [6, 6.07) is 79.9. The van der Waals surface area contributed by atoms with E-state index >= 15 is 0 Å². The predicted octanol–water partition coefficient (Wildman–Crippen LogP) is 16.6. The second-order valence-corrected chi connectivity index (χ2v) is 16.8. The zero-order valence-electron chi connectivity index (χ0n) is 36.0. The van der Waals surface area contributed by atoms with Crippen LogP contribution in [0.5, 0.6) is 0 Å². The van der Waals surface area contributed by atoms with E-state index in [4.69, 9.17) is 23.8 Å². The Morgan fingerprint density at radius 1 is 0.299 bits per heavy atom. The minimum absolute atomic E-state index is 0.552. The van der Waals surface area contributed by atoms with E-state index in [1.54, 1.807) is 0 Å². The lowest BCUT2D eigenvalue weighted by atomic mass is 9.96. The van der Waals surface area contributed by atoms with Crippen LogP contribution in [0.2, 0.25) is 0 Å². The Labute approximate surface area is 385 Å². The molecule has 0 amide bonds. The third-order valence-electron chi connectivity index (χ3n) is 12.7. The van der Waals surface area contributed by atoms with E-state index in [1.165, 1.54) is 11.1 Å². The molecule has 6 nitrogen and oxygen atoms in total. The average Bonchev–Trinajstić information content (AvgIpc) is 3.97. The van der Waals surface area contributed by atoms with Crippen molar-refractivity contribution in [1.29, 1.82) is 0 Å². The lowest BCUT2D eigenvalue weighted by molar-refractivity contribution is 0.669. The fraction of sp³-hybridized carbons (Fsp3) is 0.